The van der Waals surface area contributed by atoms with Crippen molar-refractivity contribution in [1.82, 2.24) is 19.7 Å². The summed E-state index contributed by atoms with van der Waals surface area (Å²) in [5.41, 5.74) is 1.41. The summed E-state index contributed by atoms with van der Waals surface area (Å²) in [6.45, 7) is 9.10. The molecule has 0 radical (unpaired) electrons. The molecule has 168 valence electrons. The Morgan fingerprint density at radius 2 is 1.87 bits per heavy atom. The van der Waals surface area contributed by atoms with E-state index in [4.69, 9.17) is 9.84 Å². The Kier molecular flexibility index (Phi) is 5.13. The molecule has 0 N–H and O–H groups in total. The zero-order valence-corrected chi connectivity index (χ0v) is 18.1. The van der Waals surface area contributed by atoms with Crippen LogP contribution in [0.1, 0.15) is 56.8 Å². The lowest BCUT2D eigenvalue weighted by Crippen LogP contribution is -2.46. The first kappa shape index (κ1) is 20.9. The SMILES string of the molecule is CC(C)n1nc(-c2cncc(C(F)(F)F)c2)cc1C1[C@H]2CC(N3CCO[C@H](C)C3)C[C@@H]12. The molecule has 5 rings (SSSR count). The van der Waals surface area contributed by atoms with Gasteiger partial charge in [-0.3, -0.25) is 14.6 Å². The van der Waals surface area contributed by atoms with E-state index in [1.165, 1.54) is 19.0 Å². The normalized spacial score (nSPS) is 31.3. The standard InChI is InChI=1S/C23H29F3N4O/c1-13(2)30-21(9-20(28-30)15-6-16(11-27-10-15)23(24,25)26)22-18-7-17(8-19(18)22)29-4-5-31-14(3)12-29/h6,9-11,13-14,17-19,22H,4-5,7-8,12H2,1-3H3/t14-,17?,18-,19+,22?/m1/s1. The second-order valence-electron chi connectivity index (χ2n) is 9.61. The Balaban J connectivity index is 1.35. The quantitative estimate of drug-likeness (QED) is 0.696. The zero-order valence-electron chi connectivity index (χ0n) is 18.1. The molecule has 3 heterocycles. The molecule has 3 aliphatic rings. The third kappa shape index (κ3) is 3.89. The highest BCUT2D eigenvalue weighted by Crippen LogP contribution is 2.64. The molecular weight excluding hydrogens is 405 g/mol. The summed E-state index contributed by atoms with van der Waals surface area (Å²) < 4.78 is 47.1. The summed E-state index contributed by atoms with van der Waals surface area (Å²) in [7, 11) is 0. The largest absolute Gasteiger partial charge is 0.417 e. The molecule has 0 bridgehead atoms. The highest BCUT2D eigenvalue weighted by molar-refractivity contribution is 5.60. The average molecular weight is 435 g/mol. The van der Waals surface area contributed by atoms with Crippen LogP contribution in [0.5, 0.6) is 0 Å². The van der Waals surface area contributed by atoms with Crippen LogP contribution in [0.4, 0.5) is 13.2 Å². The zero-order chi connectivity index (χ0) is 21.9. The van der Waals surface area contributed by atoms with E-state index in [1.54, 1.807) is 0 Å². The van der Waals surface area contributed by atoms with Crippen LogP contribution in [0, 0.1) is 11.8 Å². The Hall–Kier alpha value is -1.93. The molecule has 1 saturated heterocycles. The molecule has 0 amide bonds. The number of ether oxygens (including phenoxy) is 1. The molecule has 1 aliphatic heterocycles. The number of pyridine rings is 1. The number of hydrogen-bond acceptors (Lipinski definition) is 4. The monoisotopic (exact) mass is 434 g/mol. The lowest BCUT2D eigenvalue weighted by atomic mass is 10.0. The highest BCUT2D eigenvalue weighted by atomic mass is 19.4. The molecule has 2 aromatic rings. The van der Waals surface area contributed by atoms with Crippen LogP contribution in [0.2, 0.25) is 0 Å². The first-order valence-corrected chi connectivity index (χ1v) is 11.2. The van der Waals surface area contributed by atoms with Gasteiger partial charge in [0.25, 0.3) is 0 Å². The molecule has 0 aromatic carbocycles. The van der Waals surface area contributed by atoms with Crippen LogP contribution < -0.4 is 0 Å². The molecule has 2 saturated carbocycles. The molecule has 3 fully saturated rings. The molecule has 0 spiro atoms. The maximum Gasteiger partial charge on any atom is 0.417 e. The van der Waals surface area contributed by atoms with Crippen LogP contribution in [0.15, 0.2) is 24.5 Å². The first-order valence-electron chi connectivity index (χ1n) is 11.2. The third-order valence-electron chi connectivity index (χ3n) is 7.17. The van der Waals surface area contributed by atoms with Gasteiger partial charge < -0.3 is 4.74 Å². The number of hydrogen-bond donors (Lipinski definition) is 0. The number of fused-ring (bicyclic) bond motifs is 1. The maximum atomic E-state index is 13.1. The lowest BCUT2D eigenvalue weighted by molar-refractivity contribution is -0.137. The van der Waals surface area contributed by atoms with Crippen molar-refractivity contribution in [2.45, 2.75) is 63.9 Å². The molecule has 2 aliphatic carbocycles. The van der Waals surface area contributed by atoms with E-state index in [-0.39, 0.29) is 6.04 Å². The fourth-order valence-electron chi connectivity index (χ4n) is 5.67. The van der Waals surface area contributed by atoms with Crippen LogP contribution in [0.3, 0.4) is 0 Å². The molecule has 5 atom stereocenters. The second kappa shape index (κ2) is 7.59. The van der Waals surface area contributed by atoms with Gasteiger partial charge in [0.05, 0.1) is 24.0 Å². The van der Waals surface area contributed by atoms with E-state index in [0.29, 0.717) is 41.2 Å². The number of alkyl halides is 3. The van der Waals surface area contributed by atoms with Crippen molar-refractivity contribution in [3.05, 3.63) is 35.8 Å². The number of rotatable bonds is 4. The van der Waals surface area contributed by atoms with E-state index in [2.05, 4.69) is 30.7 Å². The van der Waals surface area contributed by atoms with Gasteiger partial charge >= 0.3 is 6.18 Å². The fourth-order valence-corrected chi connectivity index (χ4v) is 5.67. The average Bonchev–Trinajstić information content (AvgIpc) is 3.09. The van der Waals surface area contributed by atoms with Crippen LogP contribution in [0.25, 0.3) is 11.3 Å². The van der Waals surface area contributed by atoms with Gasteiger partial charge in [-0.2, -0.15) is 18.3 Å². The van der Waals surface area contributed by atoms with E-state index in [1.807, 2.05) is 10.7 Å². The van der Waals surface area contributed by atoms with Gasteiger partial charge in [0.1, 0.15) is 0 Å². The van der Waals surface area contributed by atoms with Gasteiger partial charge in [0.2, 0.25) is 0 Å². The van der Waals surface area contributed by atoms with Crippen LogP contribution in [-0.2, 0) is 10.9 Å². The Labute approximate surface area is 180 Å². The summed E-state index contributed by atoms with van der Waals surface area (Å²) in [6.07, 6.45) is 0.591. The van der Waals surface area contributed by atoms with Crippen molar-refractivity contribution in [3.63, 3.8) is 0 Å². The van der Waals surface area contributed by atoms with Gasteiger partial charge in [-0.1, -0.05) is 0 Å². The van der Waals surface area contributed by atoms with Gasteiger partial charge in [0.15, 0.2) is 0 Å². The van der Waals surface area contributed by atoms with Crippen molar-refractivity contribution in [3.8, 4) is 11.3 Å². The van der Waals surface area contributed by atoms with Crippen molar-refractivity contribution in [2.24, 2.45) is 11.8 Å². The topological polar surface area (TPSA) is 43.2 Å². The van der Waals surface area contributed by atoms with E-state index in [0.717, 1.165) is 37.7 Å². The minimum atomic E-state index is -4.41. The third-order valence-corrected chi connectivity index (χ3v) is 7.17. The van der Waals surface area contributed by atoms with Gasteiger partial charge in [0, 0.05) is 54.7 Å². The first-order chi connectivity index (χ1) is 14.7. The minimum Gasteiger partial charge on any atom is -0.376 e. The predicted molar refractivity (Wildman–Crippen MR) is 111 cm³/mol. The highest BCUT2D eigenvalue weighted by Gasteiger charge is 2.58. The van der Waals surface area contributed by atoms with Crippen molar-refractivity contribution in [1.29, 1.82) is 0 Å². The smallest absolute Gasteiger partial charge is 0.376 e. The summed E-state index contributed by atoms with van der Waals surface area (Å²) in [5.74, 6) is 1.74. The second-order valence-corrected chi connectivity index (χ2v) is 9.61. The number of aromatic nitrogens is 3. The fraction of sp³-hybridized carbons (Fsp3) is 0.652. The van der Waals surface area contributed by atoms with Crippen molar-refractivity contribution in [2.75, 3.05) is 19.7 Å². The van der Waals surface area contributed by atoms with Crippen LogP contribution >= 0.6 is 0 Å². The van der Waals surface area contributed by atoms with Crippen molar-refractivity contribution < 1.29 is 17.9 Å². The summed E-state index contributed by atoms with van der Waals surface area (Å²) in [5, 5.41) is 4.69. The number of halogens is 3. The summed E-state index contributed by atoms with van der Waals surface area (Å²) >= 11 is 0. The predicted octanol–water partition coefficient (Wildman–Crippen LogP) is 4.76. The molecular formula is C23H29F3N4O. The molecule has 2 aromatic heterocycles. The Morgan fingerprint density at radius 1 is 1.13 bits per heavy atom. The Bertz CT molecular complexity index is 945. The summed E-state index contributed by atoms with van der Waals surface area (Å²) in [4.78, 5) is 6.39. The van der Waals surface area contributed by atoms with E-state index >= 15 is 0 Å². The van der Waals surface area contributed by atoms with Crippen LogP contribution in [-0.4, -0.2) is 51.5 Å². The molecule has 8 heteroatoms. The van der Waals surface area contributed by atoms with Gasteiger partial charge in [-0.25, -0.2) is 0 Å². The van der Waals surface area contributed by atoms with Gasteiger partial charge in [-0.05, 0) is 57.6 Å². The van der Waals surface area contributed by atoms with Gasteiger partial charge in [-0.15, -0.1) is 0 Å². The van der Waals surface area contributed by atoms with E-state index < -0.39 is 11.7 Å². The lowest BCUT2D eigenvalue weighted by Gasteiger charge is -2.36. The molecule has 31 heavy (non-hydrogen) atoms. The minimum absolute atomic E-state index is 0.153. The van der Waals surface area contributed by atoms with E-state index in [9.17, 15) is 13.2 Å². The molecule has 2 unspecified atom stereocenters. The molecule has 5 nitrogen and oxygen atoms in total. The summed E-state index contributed by atoms with van der Waals surface area (Å²) in [6, 6.07) is 3.92. The number of nitrogens with zero attached hydrogens (tertiary/aromatic N) is 4. The maximum absolute atomic E-state index is 13.1. The number of morpholine rings is 1. The Morgan fingerprint density at radius 3 is 2.52 bits per heavy atom. The van der Waals surface area contributed by atoms with Crippen molar-refractivity contribution >= 4 is 0 Å².